The molecular formula is C15H21N3O. The molecule has 3 unspecified atom stereocenters. The van der Waals surface area contributed by atoms with Gasteiger partial charge in [0, 0.05) is 12.2 Å². The van der Waals surface area contributed by atoms with E-state index >= 15 is 0 Å². The largest absolute Gasteiger partial charge is 0.349 e. The highest BCUT2D eigenvalue weighted by molar-refractivity contribution is 5.82. The molecule has 1 amide bonds. The second kappa shape index (κ2) is 5.70. The molecule has 1 saturated heterocycles. The van der Waals surface area contributed by atoms with Crippen LogP contribution in [0.2, 0.25) is 0 Å². The quantitative estimate of drug-likeness (QED) is 0.867. The van der Waals surface area contributed by atoms with Gasteiger partial charge in [0.2, 0.25) is 5.91 Å². The zero-order chi connectivity index (χ0) is 13.1. The summed E-state index contributed by atoms with van der Waals surface area (Å²) in [7, 11) is 0. The van der Waals surface area contributed by atoms with Crippen LogP contribution < -0.4 is 10.6 Å². The molecule has 19 heavy (non-hydrogen) atoms. The van der Waals surface area contributed by atoms with E-state index in [4.69, 9.17) is 0 Å². The summed E-state index contributed by atoms with van der Waals surface area (Å²) < 4.78 is 0. The van der Waals surface area contributed by atoms with E-state index < -0.39 is 0 Å². The highest BCUT2D eigenvalue weighted by Crippen LogP contribution is 2.33. The molecule has 2 aliphatic rings. The average molecular weight is 259 g/mol. The van der Waals surface area contributed by atoms with Crippen LogP contribution in [0.5, 0.6) is 0 Å². The fourth-order valence-corrected chi connectivity index (χ4v) is 3.32. The van der Waals surface area contributed by atoms with Crippen molar-refractivity contribution in [2.24, 2.45) is 5.92 Å². The fraction of sp³-hybridized carbons (Fsp3) is 0.600. The predicted molar refractivity (Wildman–Crippen MR) is 73.4 cm³/mol. The van der Waals surface area contributed by atoms with Gasteiger partial charge in [-0.3, -0.25) is 9.78 Å². The van der Waals surface area contributed by atoms with Gasteiger partial charge in [-0.2, -0.15) is 0 Å². The Bertz CT molecular complexity index is 420. The summed E-state index contributed by atoms with van der Waals surface area (Å²) in [4.78, 5) is 16.4. The summed E-state index contributed by atoms with van der Waals surface area (Å²) in [5.41, 5.74) is 0.909. The standard InChI is InChI=1S/C15H21N3O/c19-15(17-10-12-6-3-4-8-16-12)14-9-11-5-1-2-7-13(11)18-14/h3-4,6,8,11,13-14,18H,1-2,5,7,9-10H2,(H,17,19). The smallest absolute Gasteiger partial charge is 0.237 e. The molecule has 0 bridgehead atoms. The lowest BCUT2D eigenvalue weighted by Crippen LogP contribution is -2.42. The van der Waals surface area contributed by atoms with Gasteiger partial charge in [-0.1, -0.05) is 18.9 Å². The van der Waals surface area contributed by atoms with Gasteiger partial charge in [0.15, 0.2) is 0 Å². The molecule has 2 N–H and O–H groups in total. The minimum absolute atomic E-state index is 0.00295. The molecule has 1 saturated carbocycles. The minimum atomic E-state index is -0.00295. The maximum Gasteiger partial charge on any atom is 0.237 e. The number of carbonyl (C=O) groups is 1. The third kappa shape index (κ3) is 2.95. The molecule has 1 aliphatic carbocycles. The molecule has 102 valence electrons. The van der Waals surface area contributed by atoms with Crippen LogP contribution in [-0.4, -0.2) is 23.0 Å². The van der Waals surface area contributed by atoms with Crippen LogP contribution in [0.25, 0.3) is 0 Å². The van der Waals surface area contributed by atoms with Gasteiger partial charge < -0.3 is 10.6 Å². The zero-order valence-corrected chi connectivity index (χ0v) is 11.1. The zero-order valence-electron chi connectivity index (χ0n) is 11.1. The molecule has 2 heterocycles. The van der Waals surface area contributed by atoms with E-state index in [2.05, 4.69) is 15.6 Å². The molecule has 1 aromatic rings. The highest BCUT2D eigenvalue weighted by atomic mass is 16.2. The molecule has 0 radical (unpaired) electrons. The average Bonchev–Trinajstić information content (AvgIpc) is 2.90. The number of rotatable bonds is 3. The van der Waals surface area contributed by atoms with Crippen LogP contribution in [0.4, 0.5) is 0 Å². The number of aromatic nitrogens is 1. The number of fused-ring (bicyclic) bond motifs is 1. The monoisotopic (exact) mass is 259 g/mol. The van der Waals surface area contributed by atoms with Gasteiger partial charge in [-0.15, -0.1) is 0 Å². The van der Waals surface area contributed by atoms with Crippen LogP contribution in [0.3, 0.4) is 0 Å². The molecule has 1 aromatic heterocycles. The second-order valence-corrected chi connectivity index (χ2v) is 5.64. The van der Waals surface area contributed by atoms with E-state index in [0.29, 0.717) is 18.5 Å². The normalized spacial score (nSPS) is 29.8. The van der Waals surface area contributed by atoms with E-state index in [1.807, 2.05) is 18.2 Å². The van der Waals surface area contributed by atoms with Gasteiger partial charge >= 0.3 is 0 Å². The van der Waals surface area contributed by atoms with Gasteiger partial charge in [0.1, 0.15) is 0 Å². The van der Waals surface area contributed by atoms with Gasteiger partial charge in [-0.25, -0.2) is 0 Å². The van der Waals surface area contributed by atoms with Crippen molar-refractivity contribution in [3.05, 3.63) is 30.1 Å². The van der Waals surface area contributed by atoms with Crippen molar-refractivity contribution in [1.82, 2.24) is 15.6 Å². The molecule has 4 heteroatoms. The molecule has 2 fully saturated rings. The van der Waals surface area contributed by atoms with E-state index in [0.717, 1.165) is 12.1 Å². The summed E-state index contributed by atoms with van der Waals surface area (Å²) in [6, 6.07) is 6.32. The maximum atomic E-state index is 12.2. The number of pyridine rings is 1. The van der Waals surface area contributed by atoms with Crippen LogP contribution >= 0.6 is 0 Å². The molecule has 3 rings (SSSR count). The van der Waals surface area contributed by atoms with Crippen LogP contribution in [0, 0.1) is 5.92 Å². The Labute approximate surface area is 114 Å². The van der Waals surface area contributed by atoms with Gasteiger partial charge in [0.05, 0.1) is 18.3 Å². The van der Waals surface area contributed by atoms with Crippen molar-refractivity contribution < 1.29 is 4.79 Å². The van der Waals surface area contributed by atoms with E-state index in [1.54, 1.807) is 6.20 Å². The number of hydrogen-bond acceptors (Lipinski definition) is 3. The Hall–Kier alpha value is -1.42. The molecule has 1 aliphatic heterocycles. The first kappa shape index (κ1) is 12.6. The van der Waals surface area contributed by atoms with Crippen molar-refractivity contribution in [3.63, 3.8) is 0 Å². The summed E-state index contributed by atoms with van der Waals surface area (Å²) in [5.74, 6) is 0.833. The van der Waals surface area contributed by atoms with E-state index in [1.165, 1.54) is 25.7 Å². The van der Waals surface area contributed by atoms with Gasteiger partial charge in [0.25, 0.3) is 0 Å². The molecule has 3 atom stereocenters. The maximum absolute atomic E-state index is 12.2. The number of nitrogens with one attached hydrogen (secondary N) is 2. The number of nitrogens with zero attached hydrogens (tertiary/aromatic N) is 1. The molecule has 0 spiro atoms. The first-order chi connectivity index (χ1) is 9.33. The first-order valence-electron chi connectivity index (χ1n) is 7.26. The minimum Gasteiger partial charge on any atom is -0.349 e. The Kier molecular flexibility index (Phi) is 3.78. The van der Waals surface area contributed by atoms with Crippen molar-refractivity contribution >= 4 is 5.91 Å². The Morgan fingerprint density at radius 1 is 1.37 bits per heavy atom. The molecular weight excluding hydrogens is 238 g/mol. The van der Waals surface area contributed by atoms with Crippen molar-refractivity contribution in [2.45, 2.75) is 50.7 Å². The first-order valence-corrected chi connectivity index (χ1v) is 7.26. The fourth-order valence-electron chi connectivity index (χ4n) is 3.32. The van der Waals surface area contributed by atoms with Crippen molar-refractivity contribution in [3.8, 4) is 0 Å². The summed E-state index contributed by atoms with van der Waals surface area (Å²) in [6.45, 7) is 0.521. The lowest BCUT2D eigenvalue weighted by molar-refractivity contribution is -0.123. The lowest BCUT2D eigenvalue weighted by Gasteiger charge is -2.24. The van der Waals surface area contributed by atoms with E-state index in [9.17, 15) is 4.79 Å². The van der Waals surface area contributed by atoms with Crippen LogP contribution in [0.15, 0.2) is 24.4 Å². The summed E-state index contributed by atoms with van der Waals surface area (Å²) in [6.07, 6.45) is 7.89. The Morgan fingerprint density at radius 2 is 2.26 bits per heavy atom. The van der Waals surface area contributed by atoms with Crippen LogP contribution in [0.1, 0.15) is 37.8 Å². The topological polar surface area (TPSA) is 54.0 Å². The highest BCUT2D eigenvalue weighted by Gasteiger charge is 2.37. The number of carbonyl (C=O) groups excluding carboxylic acids is 1. The summed E-state index contributed by atoms with van der Waals surface area (Å²) >= 11 is 0. The SMILES string of the molecule is O=C(NCc1ccccn1)C1CC2CCCCC2N1. The van der Waals surface area contributed by atoms with E-state index in [-0.39, 0.29) is 11.9 Å². The van der Waals surface area contributed by atoms with Crippen molar-refractivity contribution in [2.75, 3.05) is 0 Å². The Balaban J connectivity index is 1.51. The van der Waals surface area contributed by atoms with Gasteiger partial charge in [-0.05, 0) is 37.3 Å². The Morgan fingerprint density at radius 3 is 3.05 bits per heavy atom. The van der Waals surface area contributed by atoms with Crippen LogP contribution in [-0.2, 0) is 11.3 Å². The molecule has 0 aromatic carbocycles. The second-order valence-electron chi connectivity index (χ2n) is 5.64. The third-order valence-corrected chi connectivity index (χ3v) is 4.35. The predicted octanol–water partition coefficient (Wildman–Crippen LogP) is 1.62. The third-order valence-electron chi connectivity index (χ3n) is 4.35. The molecule has 4 nitrogen and oxygen atoms in total. The number of amides is 1. The lowest BCUT2D eigenvalue weighted by atomic mass is 9.85. The summed E-state index contributed by atoms with van der Waals surface area (Å²) in [5, 5.41) is 6.48. The van der Waals surface area contributed by atoms with Crippen molar-refractivity contribution in [1.29, 1.82) is 0 Å². The number of hydrogen-bond donors (Lipinski definition) is 2.